The van der Waals surface area contributed by atoms with E-state index in [-0.39, 0.29) is 35.5 Å². The number of likely N-dealkylation sites (N-methyl/N-ethyl adjacent to an activating group) is 2. The molecule has 0 aromatic rings. The van der Waals surface area contributed by atoms with E-state index < -0.39 is 24.1 Å². The van der Waals surface area contributed by atoms with E-state index in [9.17, 15) is 29.4 Å². The van der Waals surface area contributed by atoms with Crippen LogP contribution in [0.15, 0.2) is 130 Å². The van der Waals surface area contributed by atoms with Gasteiger partial charge in [0.1, 0.15) is 12.2 Å². The van der Waals surface area contributed by atoms with Crippen molar-refractivity contribution in [2.75, 3.05) is 27.2 Å². The van der Waals surface area contributed by atoms with E-state index in [1.54, 1.807) is 27.9 Å². The molecule has 0 fully saturated rings. The normalized spacial score (nSPS) is 21.0. The van der Waals surface area contributed by atoms with Crippen molar-refractivity contribution in [3.63, 3.8) is 0 Å². The third kappa shape index (κ3) is 19.7. The van der Waals surface area contributed by atoms with Gasteiger partial charge in [-0.05, 0) is 102 Å². The van der Waals surface area contributed by atoms with Crippen molar-refractivity contribution >= 4 is 23.5 Å². The molecule has 0 heterocycles. The van der Waals surface area contributed by atoms with Gasteiger partial charge in [0.2, 0.25) is 0 Å². The number of hydrogen-bond donors (Lipinski definition) is 6. The average molecular weight is 775 g/mol. The molecule has 0 spiro atoms. The molecule has 2 unspecified atom stereocenters. The van der Waals surface area contributed by atoms with E-state index in [1.165, 1.54) is 0 Å². The third-order valence-corrected chi connectivity index (χ3v) is 8.97. The number of nitrogens with one attached hydrogen (secondary N) is 2. The van der Waals surface area contributed by atoms with Gasteiger partial charge in [-0.2, -0.15) is 0 Å². The largest absolute Gasteiger partial charge is 0.480 e. The number of carboxylic acid groups (broad SMARTS) is 2. The molecule has 0 amide bonds. The molecule has 0 aromatic carbocycles. The molecule has 0 radical (unpaired) electrons. The Morgan fingerprint density at radius 1 is 0.589 bits per heavy atom. The lowest BCUT2D eigenvalue weighted by Crippen LogP contribution is -2.35. The zero-order valence-electron chi connectivity index (χ0n) is 35.5. The quantitative estimate of drug-likeness (QED) is 0.0972. The number of carbonyl (C=O) groups is 4. The standard InChI is InChI=1S/C40H52O4.2C3H7NO2/c1-27(17-13-19-29(3)21-23-33-31(5)37(43)35(41)25-39(33,7)8)15-11-12-16-28(2)18-14-20-30(4)22-24-34-32(6)38(44)36(42)26-40(34,9)10;2*1-4-2-3(5)6/h11-24,35-36,41-42H,25-26H2,1-10H3;2*4H,2H2,1H3,(H,5,6)/b12-11+,17-13+,18-14+,23-21+,24-22+,27-15+,28-16+,29-19+,30-20+;;. The third-order valence-electron chi connectivity index (χ3n) is 8.97. The molecule has 2 atom stereocenters. The average Bonchev–Trinajstić information content (AvgIpc) is 3.08. The van der Waals surface area contributed by atoms with Gasteiger partial charge in [-0.1, -0.05) is 135 Å². The minimum atomic E-state index is -0.907. The Morgan fingerprint density at radius 2 is 0.875 bits per heavy atom. The highest BCUT2D eigenvalue weighted by Gasteiger charge is 2.37. The van der Waals surface area contributed by atoms with Gasteiger partial charge in [-0.25, -0.2) is 0 Å². The van der Waals surface area contributed by atoms with Gasteiger partial charge in [0.15, 0.2) is 11.6 Å². The Balaban J connectivity index is 0.00000217. The van der Waals surface area contributed by atoms with Crippen LogP contribution in [-0.4, -0.2) is 83.3 Å². The van der Waals surface area contributed by atoms with E-state index in [0.29, 0.717) is 24.0 Å². The maximum absolute atomic E-state index is 12.2. The smallest absolute Gasteiger partial charge is 0.317 e. The summed E-state index contributed by atoms with van der Waals surface area (Å²) in [5.41, 5.74) is 7.16. The second kappa shape index (κ2) is 25.4. The van der Waals surface area contributed by atoms with Crippen LogP contribution in [0.5, 0.6) is 0 Å². The molecule has 6 N–H and O–H groups in total. The summed E-state index contributed by atoms with van der Waals surface area (Å²) in [5, 5.41) is 40.7. The van der Waals surface area contributed by atoms with Gasteiger partial charge in [0.05, 0.1) is 13.1 Å². The minimum absolute atomic E-state index is 0.0417. The molecule has 0 saturated carbocycles. The van der Waals surface area contributed by atoms with E-state index in [2.05, 4.69) is 76.5 Å². The van der Waals surface area contributed by atoms with Crippen LogP contribution in [-0.2, 0) is 19.2 Å². The maximum atomic E-state index is 12.2. The summed E-state index contributed by atoms with van der Waals surface area (Å²) in [6.45, 7) is 20.1. The van der Waals surface area contributed by atoms with E-state index in [1.807, 2.05) is 74.6 Å². The summed E-state index contributed by atoms with van der Waals surface area (Å²) >= 11 is 0. The number of aliphatic hydroxyl groups excluding tert-OH is 2. The molecule has 2 aliphatic rings. The van der Waals surface area contributed by atoms with Gasteiger partial charge in [-0.15, -0.1) is 0 Å². The lowest BCUT2D eigenvalue weighted by Gasteiger charge is -2.34. The van der Waals surface area contributed by atoms with Crippen LogP contribution in [0.3, 0.4) is 0 Å². The number of ketones is 2. The Kier molecular flexibility index (Phi) is 23.3. The van der Waals surface area contributed by atoms with Gasteiger partial charge in [-0.3, -0.25) is 19.2 Å². The Morgan fingerprint density at radius 3 is 1.14 bits per heavy atom. The van der Waals surface area contributed by atoms with Crippen LogP contribution in [0.4, 0.5) is 0 Å². The highest BCUT2D eigenvalue weighted by atomic mass is 16.4. The van der Waals surface area contributed by atoms with Crippen molar-refractivity contribution in [1.29, 1.82) is 0 Å². The van der Waals surface area contributed by atoms with Crippen molar-refractivity contribution in [3.8, 4) is 0 Å². The lowest BCUT2D eigenvalue weighted by molar-refractivity contribution is -0.136. The van der Waals surface area contributed by atoms with Crippen LogP contribution >= 0.6 is 0 Å². The van der Waals surface area contributed by atoms with Gasteiger partial charge >= 0.3 is 11.9 Å². The van der Waals surface area contributed by atoms with Crippen LogP contribution in [0.25, 0.3) is 0 Å². The first-order chi connectivity index (χ1) is 26.0. The molecule has 10 heteroatoms. The molecule has 56 heavy (non-hydrogen) atoms. The predicted molar refractivity (Wildman–Crippen MR) is 228 cm³/mol. The number of hydrogen-bond acceptors (Lipinski definition) is 8. The summed E-state index contributed by atoms with van der Waals surface area (Å²) < 4.78 is 0. The van der Waals surface area contributed by atoms with Crippen LogP contribution < -0.4 is 10.6 Å². The highest BCUT2D eigenvalue weighted by molar-refractivity contribution is 6.01. The molecule has 10 nitrogen and oxygen atoms in total. The maximum Gasteiger partial charge on any atom is 0.317 e. The Labute approximate surface area is 334 Å². The minimum Gasteiger partial charge on any atom is -0.480 e. The predicted octanol–water partition coefficient (Wildman–Crippen LogP) is 7.49. The van der Waals surface area contributed by atoms with Crippen LogP contribution in [0.1, 0.15) is 82.1 Å². The van der Waals surface area contributed by atoms with Crippen LogP contribution in [0, 0.1) is 10.8 Å². The summed E-state index contributed by atoms with van der Waals surface area (Å²) in [4.78, 5) is 43.5. The molecule has 0 saturated heterocycles. The Bertz CT molecular complexity index is 1610. The fourth-order valence-corrected chi connectivity index (χ4v) is 5.93. The van der Waals surface area contributed by atoms with Gasteiger partial charge in [0, 0.05) is 0 Å². The van der Waals surface area contributed by atoms with E-state index >= 15 is 0 Å². The fraction of sp³-hybridized carbons (Fsp3) is 0.435. The lowest BCUT2D eigenvalue weighted by atomic mass is 9.71. The SMILES string of the molecule is CC1=C(/C=C/C(C)=C/C=C/C(C)=C/C=C/C=C(C)/C=C/C=C(C)/C=C/C2=C(C)C(=O)C(O)CC2(C)C)C(C)(C)CC(O)C1=O.CNCC(=O)O.CNCC(=O)O. The number of carbonyl (C=O) groups excluding carboxylic acids is 2. The molecule has 0 aromatic heterocycles. The van der Waals surface area contributed by atoms with Crippen molar-refractivity contribution < 1.29 is 39.6 Å². The number of carboxylic acids is 2. The van der Waals surface area contributed by atoms with E-state index in [4.69, 9.17) is 10.2 Å². The van der Waals surface area contributed by atoms with Gasteiger partial charge in [0.25, 0.3) is 0 Å². The Hall–Kier alpha value is -4.74. The number of aliphatic hydroxyl groups is 2. The number of Topliss-reactive ketones (excluding diaryl/α,β-unsaturated/α-hetero) is 2. The number of allylic oxidation sites excluding steroid dienone is 20. The molecule has 2 rings (SSSR count). The topological polar surface area (TPSA) is 173 Å². The second-order valence-corrected chi connectivity index (χ2v) is 15.3. The zero-order valence-corrected chi connectivity index (χ0v) is 35.5. The highest BCUT2D eigenvalue weighted by Crippen LogP contribution is 2.40. The molecular formula is C46H66N2O8. The summed E-state index contributed by atoms with van der Waals surface area (Å²) in [5.74, 6) is -1.99. The summed E-state index contributed by atoms with van der Waals surface area (Å²) in [7, 11) is 3.18. The molecule has 2 aliphatic carbocycles. The molecule has 0 aliphatic heterocycles. The first kappa shape index (κ1) is 51.3. The summed E-state index contributed by atoms with van der Waals surface area (Å²) in [6.07, 6.45) is 27.5. The van der Waals surface area contributed by atoms with Crippen molar-refractivity contribution in [2.45, 2.75) is 94.3 Å². The monoisotopic (exact) mass is 774 g/mol. The van der Waals surface area contributed by atoms with Crippen molar-refractivity contribution in [3.05, 3.63) is 130 Å². The molecule has 308 valence electrons. The van der Waals surface area contributed by atoms with E-state index in [0.717, 1.165) is 33.4 Å². The van der Waals surface area contributed by atoms with Gasteiger partial charge < -0.3 is 31.1 Å². The molecular weight excluding hydrogens is 709 g/mol. The summed E-state index contributed by atoms with van der Waals surface area (Å²) in [6, 6.07) is 0. The van der Waals surface area contributed by atoms with Crippen molar-refractivity contribution in [1.82, 2.24) is 10.6 Å². The van der Waals surface area contributed by atoms with Crippen molar-refractivity contribution in [2.24, 2.45) is 10.8 Å². The zero-order chi connectivity index (χ0) is 43.2. The number of rotatable bonds is 14. The first-order valence-corrected chi connectivity index (χ1v) is 18.7. The first-order valence-electron chi connectivity index (χ1n) is 18.7. The second-order valence-electron chi connectivity index (χ2n) is 15.3. The van der Waals surface area contributed by atoms with Crippen LogP contribution in [0.2, 0.25) is 0 Å². The number of aliphatic carboxylic acids is 2. The molecule has 0 bridgehead atoms. The fourth-order valence-electron chi connectivity index (χ4n) is 5.93.